The number of rotatable bonds is 1. The third-order valence-electron chi connectivity index (χ3n) is 5.15. The number of carbonyl (C=O) groups is 1. The Morgan fingerprint density at radius 1 is 1.20 bits per heavy atom. The fraction of sp³-hybridized carbons (Fsp3) is 0.444. The van der Waals surface area contributed by atoms with Gasteiger partial charge in [0.1, 0.15) is 0 Å². The van der Waals surface area contributed by atoms with E-state index in [1.54, 1.807) is 0 Å². The Morgan fingerprint density at radius 3 is 2.50 bits per heavy atom. The molecular weight excluding hydrogens is 321 g/mol. The Morgan fingerprint density at radius 2 is 1.85 bits per heavy atom. The molecule has 0 saturated heterocycles. The molecule has 0 bridgehead atoms. The molecular formula is C18H21OY-. The van der Waals surface area contributed by atoms with Crippen LogP contribution in [0.3, 0.4) is 0 Å². The zero-order valence-electron chi connectivity index (χ0n) is 12.7. The first-order valence-electron chi connectivity index (χ1n) is 7.13. The van der Waals surface area contributed by atoms with Crippen LogP contribution in [0, 0.1) is 26.2 Å². The van der Waals surface area contributed by atoms with Gasteiger partial charge in [-0.1, -0.05) is 12.1 Å². The monoisotopic (exact) mass is 342 g/mol. The van der Waals surface area contributed by atoms with Crippen LogP contribution in [0.15, 0.2) is 17.7 Å². The van der Waals surface area contributed by atoms with Crippen LogP contribution in [0.25, 0.3) is 5.57 Å². The third-order valence-corrected chi connectivity index (χ3v) is 5.15. The summed E-state index contributed by atoms with van der Waals surface area (Å²) in [6.07, 6.45) is 3.61. The summed E-state index contributed by atoms with van der Waals surface area (Å²) in [7, 11) is 0. The van der Waals surface area contributed by atoms with Gasteiger partial charge in [-0.25, -0.2) is 0 Å². The van der Waals surface area contributed by atoms with Crippen molar-refractivity contribution < 1.29 is 37.5 Å². The van der Waals surface area contributed by atoms with Crippen LogP contribution in [-0.2, 0) is 43.9 Å². The summed E-state index contributed by atoms with van der Waals surface area (Å²) in [5, 5.41) is 0. The fourth-order valence-electron chi connectivity index (χ4n) is 3.82. The summed E-state index contributed by atoms with van der Waals surface area (Å²) in [5.74, 6) is 0.324. The van der Waals surface area contributed by atoms with E-state index in [2.05, 4.69) is 32.9 Å². The van der Waals surface area contributed by atoms with Gasteiger partial charge in [0.25, 0.3) is 0 Å². The van der Waals surface area contributed by atoms with Gasteiger partial charge >= 0.3 is 0 Å². The summed E-state index contributed by atoms with van der Waals surface area (Å²) in [6, 6.07) is 4.59. The standard InChI is InChI=1S/C18H21O.Y/c1-5-18-7-6-16(19)13(4)17(18)15-9-12(3)11(2)8-14(15)10-18;/h8-9H,1,5-7,10H2,2-4H3;/q-1;. The molecule has 20 heavy (non-hydrogen) atoms. The van der Waals surface area contributed by atoms with Gasteiger partial charge in [0.2, 0.25) is 0 Å². The number of hydrogen-bond donors (Lipinski definition) is 0. The molecule has 0 amide bonds. The number of allylic oxidation sites excluding steroid dienone is 2. The van der Waals surface area contributed by atoms with Crippen LogP contribution in [0.5, 0.6) is 0 Å². The van der Waals surface area contributed by atoms with Crippen LogP contribution in [0.1, 0.15) is 48.4 Å². The largest absolute Gasteiger partial charge is 0.342 e. The molecule has 0 spiro atoms. The van der Waals surface area contributed by atoms with Crippen molar-refractivity contribution in [3.05, 3.63) is 46.9 Å². The molecule has 2 aliphatic rings. The molecule has 1 radical (unpaired) electrons. The second-order valence-electron chi connectivity index (χ2n) is 6.22. The Bertz CT molecular complexity index is 612. The number of Topliss-reactive ketones (excluding diaryl/α,β-unsaturated/α-hetero) is 1. The SMILES string of the molecule is [CH2-]CC12CCC(=O)C(C)=C1c1cc(C)c(C)cc1C2.[Y]. The van der Waals surface area contributed by atoms with Gasteiger partial charge in [0.15, 0.2) is 5.78 Å². The van der Waals surface area contributed by atoms with E-state index in [1.807, 2.05) is 6.92 Å². The van der Waals surface area contributed by atoms with Crippen LogP contribution in [0.4, 0.5) is 0 Å². The number of fused-ring (bicyclic) bond motifs is 3. The van der Waals surface area contributed by atoms with Crippen LogP contribution < -0.4 is 0 Å². The second-order valence-corrected chi connectivity index (χ2v) is 6.22. The van der Waals surface area contributed by atoms with Gasteiger partial charge in [0.05, 0.1) is 0 Å². The topological polar surface area (TPSA) is 17.1 Å². The fourth-order valence-corrected chi connectivity index (χ4v) is 3.82. The van der Waals surface area contributed by atoms with E-state index >= 15 is 0 Å². The maximum atomic E-state index is 12.1. The average Bonchev–Trinajstić information content (AvgIpc) is 2.70. The number of carbonyl (C=O) groups excluding carboxylic acids is 1. The summed E-state index contributed by atoms with van der Waals surface area (Å²) >= 11 is 0. The van der Waals surface area contributed by atoms with Crippen LogP contribution in [0.2, 0.25) is 0 Å². The van der Waals surface area contributed by atoms with Crippen molar-refractivity contribution in [1.82, 2.24) is 0 Å². The van der Waals surface area contributed by atoms with Gasteiger partial charge in [0, 0.05) is 39.1 Å². The van der Waals surface area contributed by atoms with Gasteiger partial charge in [-0.2, -0.15) is 6.42 Å². The van der Waals surface area contributed by atoms with E-state index < -0.39 is 0 Å². The number of hydrogen-bond acceptors (Lipinski definition) is 1. The first-order chi connectivity index (χ1) is 8.98. The Labute approximate surface area is 147 Å². The summed E-state index contributed by atoms with van der Waals surface area (Å²) in [6.45, 7) is 10.5. The van der Waals surface area contributed by atoms with Crippen molar-refractivity contribution in [2.45, 2.75) is 46.5 Å². The number of benzene rings is 1. The van der Waals surface area contributed by atoms with Crippen molar-refractivity contribution in [3.63, 3.8) is 0 Å². The molecule has 1 unspecified atom stereocenters. The maximum absolute atomic E-state index is 12.1. The van der Waals surface area contributed by atoms with Gasteiger partial charge in [-0.15, -0.1) is 0 Å². The van der Waals surface area contributed by atoms with Crippen molar-refractivity contribution >= 4 is 11.4 Å². The van der Waals surface area contributed by atoms with Crippen molar-refractivity contribution in [3.8, 4) is 0 Å². The second kappa shape index (κ2) is 5.50. The number of ketones is 1. The van der Waals surface area contributed by atoms with Crippen LogP contribution in [-0.4, -0.2) is 5.78 Å². The van der Waals surface area contributed by atoms with Crippen molar-refractivity contribution in [2.75, 3.05) is 0 Å². The molecule has 0 N–H and O–H groups in total. The molecule has 0 aliphatic heterocycles. The quantitative estimate of drug-likeness (QED) is 0.699. The molecule has 2 heteroatoms. The maximum Gasteiger partial charge on any atom is 0.158 e. The molecule has 2 aliphatic carbocycles. The zero-order chi connectivity index (χ0) is 13.8. The third kappa shape index (κ3) is 2.18. The number of aryl methyl sites for hydroxylation is 2. The first-order valence-corrected chi connectivity index (χ1v) is 7.13. The summed E-state index contributed by atoms with van der Waals surface area (Å²) < 4.78 is 0. The molecule has 0 aromatic heterocycles. The van der Waals surface area contributed by atoms with Crippen molar-refractivity contribution in [2.24, 2.45) is 5.41 Å². The van der Waals surface area contributed by atoms with Gasteiger partial charge in [-0.05, 0) is 72.4 Å². The molecule has 1 nitrogen and oxygen atoms in total. The smallest absolute Gasteiger partial charge is 0.158 e. The summed E-state index contributed by atoms with van der Waals surface area (Å²) in [4.78, 5) is 12.1. The minimum absolute atomic E-state index is 0. The molecule has 103 valence electrons. The Hall–Kier alpha value is -0.266. The summed E-state index contributed by atoms with van der Waals surface area (Å²) in [5.41, 5.74) is 7.81. The molecule has 3 rings (SSSR count). The van der Waals surface area contributed by atoms with E-state index in [4.69, 9.17) is 0 Å². The van der Waals surface area contributed by atoms with E-state index in [9.17, 15) is 4.79 Å². The predicted molar refractivity (Wildman–Crippen MR) is 78.9 cm³/mol. The normalized spacial score (nSPS) is 24.3. The Balaban J connectivity index is 0.00000147. The van der Waals surface area contributed by atoms with Crippen molar-refractivity contribution in [1.29, 1.82) is 0 Å². The predicted octanol–water partition coefficient (Wildman–Crippen LogP) is 4.20. The zero-order valence-corrected chi connectivity index (χ0v) is 15.5. The molecule has 0 saturated carbocycles. The van der Waals surface area contributed by atoms with E-state index in [0.717, 1.165) is 24.8 Å². The van der Waals surface area contributed by atoms with E-state index in [-0.39, 0.29) is 38.1 Å². The molecule has 1 atom stereocenters. The molecule has 0 heterocycles. The molecule has 0 fully saturated rings. The van der Waals surface area contributed by atoms with Gasteiger partial charge in [-0.3, -0.25) is 4.79 Å². The van der Waals surface area contributed by atoms with E-state index in [0.29, 0.717) is 12.2 Å². The average molecular weight is 342 g/mol. The minimum atomic E-state index is 0. The minimum Gasteiger partial charge on any atom is -0.342 e. The Kier molecular flexibility index (Phi) is 4.43. The molecule has 1 aromatic carbocycles. The van der Waals surface area contributed by atoms with E-state index in [1.165, 1.54) is 27.8 Å². The molecule has 1 aromatic rings. The first kappa shape index (κ1) is 16.1. The van der Waals surface area contributed by atoms with Crippen LogP contribution >= 0.6 is 0 Å². The van der Waals surface area contributed by atoms with Gasteiger partial charge < -0.3 is 6.92 Å².